The monoisotopic (exact) mass is 448 g/mol. The molecule has 4 rings (SSSR count). The van der Waals surface area contributed by atoms with Crippen molar-refractivity contribution in [1.82, 2.24) is 0 Å². The van der Waals surface area contributed by atoms with Gasteiger partial charge in [0.15, 0.2) is 12.4 Å². The Labute approximate surface area is 192 Å². The average Bonchev–Trinajstić information content (AvgIpc) is 3.16. The van der Waals surface area contributed by atoms with Gasteiger partial charge in [0.25, 0.3) is 0 Å². The lowest BCUT2D eigenvalue weighted by Gasteiger charge is -2.60. The molecule has 3 fully saturated rings. The highest BCUT2D eigenvalue weighted by Crippen LogP contribution is 2.67. The molecule has 0 aromatic carbocycles. The molecule has 2 aliphatic carbocycles. The number of allylic oxidation sites excluding steroid dienone is 1. The minimum Gasteiger partial charge on any atom is -0.452 e. The zero-order valence-electron chi connectivity index (χ0n) is 20.4. The van der Waals surface area contributed by atoms with E-state index >= 15 is 0 Å². The first-order valence-electron chi connectivity index (χ1n) is 12.1. The number of aliphatic hydroxyl groups is 2. The lowest BCUT2D eigenvalue weighted by atomic mass is 9.44. The number of esters is 1. The van der Waals surface area contributed by atoms with Gasteiger partial charge in [-0.05, 0) is 63.4 Å². The van der Waals surface area contributed by atoms with Gasteiger partial charge in [-0.2, -0.15) is 0 Å². The third kappa shape index (κ3) is 3.77. The maximum Gasteiger partial charge on any atom is 0.331 e. The summed E-state index contributed by atoms with van der Waals surface area (Å²) in [6.07, 6.45) is 7.11. The van der Waals surface area contributed by atoms with Crippen LogP contribution < -0.4 is 0 Å². The highest BCUT2D eigenvalue weighted by molar-refractivity contribution is 5.85. The van der Waals surface area contributed by atoms with Crippen LogP contribution >= 0.6 is 0 Å². The van der Waals surface area contributed by atoms with E-state index in [0.29, 0.717) is 12.3 Å². The summed E-state index contributed by atoms with van der Waals surface area (Å²) in [6, 6.07) is 0. The van der Waals surface area contributed by atoms with Crippen LogP contribution in [-0.4, -0.2) is 53.5 Å². The van der Waals surface area contributed by atoms with Crippen LogP contribution in [0.5, 0.6) is 0 Å². The van der Waals surface area contributed by atoms with Crippen molar-refractivity contribution in [2.24, 2.45) is 22.7 Å². The molecule has 9 atom stereocenters. The molecule has 6 heteroatoms. The van der Waals surface area contributed by atoms with Gasteiger partial charge in [0.05, 0.1) is 11.7 Å². The first-order valence-corrected chi connectivity index (χ1v) is 12.1. The molecule has 0 radical (unpaired) electrons. The number of aliphatic hydroxyl groups excluding tert-OH is 1. The second-order valence-electron chi connectivity index (χ2n) is 11.5. The summed E-state index contributed by atoms with van der Waals surface area (Å²) in [5.41, 5.74) is 0.905. The summed E-state index contributed by atoms with van der Waals surface area (Å²) in [5, 5.41) is 22.2. The Kier molecular flexibility index (Phi) is 6.15. The van der Waals surface area contributed by atoms with E-state index < -0.39 is 23.8 Å². The fourth-order valence-electron chi connectivity index (χ4n) is 7.90. The Morgan fingerprint density at radius 3 is 2.62 bits per heavy atom. The van der Waals surface area contributed by atoms with Crippen molar-refractivity contribution in [1.29, 1.82) is 0 Å². The van der Waals surface area contributed by atoms with Gasteiger partial charge in [-0.25, -0.2) is 4.79 Å². The fourth-order valence-corrected chi connectivity index (χ4v) is 7.90. The van der Waals surface area contributed by atoms with Gasteiger partial charge in [-0.15, -0.1) is 0 Å². The molecule has 2 saturated carbocycles. The summed E-state index contributed by atoms with van der Waals surface area (Å²) < 4.78 is 17.3. The molecule has 6 nitrogen and oxygen atoms in total. The standard InChI is InChI=1S/C26H40O6/c1-15(12-17(27)21-16(2)13-20(28)32-21)8-9-19-24(3)10-7-11-25(4)22(24)18(14-26(19,5)29)31-23(25)30-6/h12-13,17-19,21-23,27,29H,7-11,14H2,1-6H3/b15-12+/t17-,18-,19+,21-,22+,23?,24+,25+,26+/m0/s1. The van der Waals surface area contributed by atoms with Crippen LogP contribution in [-0.2, 0) is 19.0 Å². The van der Waals surface area contributed by atoms with E-state index in [1.165, 1.54) is 6.08 Å². The zero-order chi connectivity index (χ0) is 23.5. The van der Waals surface area contributed by atoms with Crippen LogP contribution in [0.15, 0.2) is 23.3 Å². The van der Waals surface area contributed by atoms with E-state index in [-0.39, 0.29) is 29.1 Å². The predicted octanol–water partition coefficient (Wildman–Crippen LogP) is 3.90. The predicted molar refractivity (Wildman–Crippen MR) is 121 cm³/mol. The van der Waals surface area contributed by atoms with Crippen LogP contribution in [0.1, 0.15) is 73.1 Å². The molecule has 1 unspecified atom stereocenters. The Balaban J connectivity index is 1.52. The van der Waals surface area contributed by atoms with E-state index in [2.05, 4.69) is 13.8 Å². The van der Waals surface area contributed by atoms with Crippen molar-refractivity contribution in [3.8, 4) is 0 Å². The maximum absolute atomic E-state index is 11.6. The van der Waals surface area contributed by atoms with Gasteiger partial charge >= 0.3 is 5.97 Å². The minimum absolute atomic E-state index is 0.0202. The number of ether oxygens (including phenoxy) is 3. The van der Waals surface area contributed by atoms with E-state index in [4.69, 9.17) is 14.2 Å². The first kappa shape index (κ1) is 23.9. The minimum atomic E-state index is -0.854. The smallest absolute Gasteiger partial charge is 0.331 e. The van der Waals surface area contributed by atoms with Gasteiger partial charge in [-0.3, -0.25) is 0 Å². The van der Waals surface area contributed by atoms with E-state index in [1.54, 1.807) is 20.1 Å². The third-order valence-electron chi connectivity index (χ3n) is 9.07. The van der Waals surface area contributed by atoms with Crippen LogP contribution in [0.3, 0.4) is 0 Å². The van der Waals surface area contributed by atoms with Crippen molar-refractivity contribution in [2.75, 3.05) is 7.11 Å². The van der Waals surface area contributed by atoms with E-state index in [0.717, 1.165) is 43.3 Å². The van der Waals surface area contributed by atoms with Crippen LogP contribution in [0, 0.1) is 22.7 Å². The fraction of sp³-hybridized carbons (Fsp3) is 0.808. The molecule has 1 saturated heterocycles. The topological polar surface area (TPSA) is 85.2 Å². The van der Waals surface area contributed by atoms with Crippen molar-refractivity contribution in [3.63, 3.8) is 0 Å². The maximum atomic E-state index is 11.6. The molecular weight excluding hydrogens is 408 g/mol. The molecule has 2 N–H and O–H groups in total. The van der Waals surface area contributed by atoms with Crippen LogP contribution in [0.4, 0.5) is 0 Å². The number of methoxy groups -OCH3 is 1. The largest absolute Gasteiger partial charge is 0.452 e. The third-order valence-corrected chi connectivity index (χ3v) is 9.07. The molecule has 0 aromatic heterocycles. The summed E-state index contributed by atoms with van der Waals surface area (Å²) in [6.45, 7) is 10.4. The number of hydrogen-bond acceptors (Lipinski definition) is 6. The number of carbonyl (C=O) groups is 1. The lowest BCUT2D eigenvalue weighted by Crippen LogP contribution is -2.61. The van der Waals surface area contributed by atoms with Crippen LogP contribution in [0.2, 0.25) is 0 Å². The Morgan fingerprint density at radius 1 is 1.31 bits per heavy atom. The summed E-state index contributed by atoms with van der Waals surface area (Å²) in [7, 11) is 1.73. The summed E-state index contributed by atoms with van der Waals surface area (Å²) >= 11 is 0. The number of hydrogen-bond donors (Lipinski definition) is 2. The highest BCUT2D eigenvalue weighted by atomic mass is 16.7. The number of cyclic esters (lactones) is 1. The van der Waals surface area contributed by atoms with E-state index in [1.807, 2.05) is 13.8 Å². The average molecular weight is 449 g/mol. The zero-order valence-corrected chi connectivity index (χ0v) is 20.4. The summed E-state index contributed by atoms with van der Waals surface area (Å²) in [4.78, 5) is 11.5. The lowest BCUT2D eigenvalue weighted by molar-refractivity contribution is -0.183. The molecule has 4 aliphatic rings. The Hall–Kier alpha value is -1.21. The molecular formula is C26H40O6. The van der Waals surface area contributed by atoms with Gasteiger partial charge in [0, 0.05) is 30.9 Å². The van der Waals surface area contributed by atoms with Crippen molar-refractivity contribution in [3.05, 3.63) is 23.3 Å². The van der Waals surface area contributed by atoms with Gasteiger partial charge in [-0.1, -0.05) is 31.9 Å². The van der Waals surface area contributed by atoms with Crippen molar-refractivity contribution in [2.45, 2.75) is 103 Å². The number of carbonyl (C=O) groups excluding carboxylic acids is 1. The second-order valence-corrected chi connectivity index (χ2v) is 11.5. The quantitative estimate of drug-likeness (QED) is 0.474. The van der Waals surface area contributed by atoms with E-state index in [9.17, 15) is 15.0 Å². The van der Waals surface area contributed by atoms with Gasteiger partial charge in [0.2, 0.25) is 0 Å². The molecule has 0 aromatic rings. The molecule has 2 aliphatic heterocycles. The highest BCUT2D eigenvalue weighted by Gasteiger charge is 2.68. The van der Waals surface area contributed by atoms with Gasteiger partial charge in [0.1, 0.15) is 6.10 Å². The first-order chi connectivity index (χ1) is 14.9. The number of rotatable bonds is 6. The SMILES string of the molecule is COC1O[C@H]2C[C@@](C)(O)[C@H](CC/C(C)=C/[C@H](O)[C@H]3OC(=O)C=C3C)[C@@]3(C)CCC[C@]1(C)[C@H]23. The second kappa shape index (κ2) is 8.23. The van der Waals surface area contributed by atoms with Crippen molar-refractivity contribution >= 4 is 5.97 Å². The van der Waals surface area contributed by atoms with Gasteiger partial charge < -0.3 is 24.4 Å². The molecule has 0 amide bonds. The normalized spacial score (nSPS) is 47.1. The van der Waals surface area contributed by atoms with Crippen LogP contribution in [0.25, 0.3) is 0 Å². The molecule has 180 valence electrons. The molecule has 0 spiro atoms. The Morgan fingerprint density at radius 2 is 2.00 bits per heavy atom. The molecule has 0 bridgehead atoms. The van der Waals surface area contributed by atoms with Crippen molar-refractivity contribution < 1.29 is 29.2 Å². The Bertz CT molecular complexity index is 815. The molecule has 2 heterocycles. The summed E-state index contributed by atoms with van der Waals surface area (Å²) in [5.74, 6) is 0.0906. The molecule has 32 heavy (non-hydrogen) atoms.